The molecule has 0 saturated heterocycles. The normalized spacial score (nSPS) is 11.7. The van der Waals surface area contributed by atoms with Crippen molar-refractivity contribution in [3.63, 3.8) is 0 Å². The predicted molar refractivity (Wildman–Crippen MR) is 76.6 cm³/mol. The van der Waals surface area contributed by atoms with E-state index in [0.717, 1.165) is 32.8 Å². The van der Waals surface area contributed by atoms with E-state index in [9.17, 15) is 0 Å². The second-order valence-corrected chi connectivity index (χ2v) is 5.69. The number of hydrogen-bond acceptors (Lipinski definition) is 2. The van der Waals surface area contributed by atoms with Gasteiger partial charge in [-0.1, -0.05) is 27.7 Å². The summed E-state index contributed by atoms with van der Waals surface area (Å²) in [7, 11) is 0. The molecule has 1 N–H and O–H groups in total. The molecular formula is C15H28N2O. The van der Waals surface area contributed by atoms with E-state index >= 15 is 0 Å². The third-order valence-electron chi connectivity index (χ3n) is 2.71. The largest absolute Gasteiger partial charge is 0.379 e. The molecule has 0 fully saturated rings. The van der Waals surface area contributed by atoms with Crippen molar-refractivity contribution in [2.45, 2.75) is 40.8 Å². The molecular weight excluding hydrogens is 224 g/mol. The van der Waals surface area contributed by atoms with Gasteiger partial charge in [0, 0.05) is 31.6 Å². The van der Waals surface area contributed by atoms with Crippen LogP contribution in [0.4, 0.5) is 0 Å². The number of nitrogens with one attached hydrogen (secondary N) is 1. The fourth-order valence-electron chi connectivity index (χ4n) is 1.80. The van der Waals surface area contributed by atoms with E-state index < -0.39 is 0 Å². The molecule has 18 heavy (non-hydrogen) atoms. The summed E-state index contributed by atoms with van der Waals surface area (Å²) in [5.41, 5.74) is 1.34. The first kappa shape index (κ1) is 15.3. The first-order valence-corrected chi connectivity index (χ1v) is 7.02. The van der Waals surface area contributed by atoms with Gasteiger partial charge in [0.05, 0.1) is 6.61 Å². The van der Waals surface area contributed by atoms with Crippen molar-refractivity contribution in [1.29, 1.82) is 0 Å². The number of hydrogen-bond donors (Lipinski definition) is 1. The van der Waals surface area contributed by atoms with Crippen molar-refractivity contribution in [2.75, 3.05) is 19.8 Å². The maximum atomic E-state index is 5.62. The zero-order chi connectivity index (χ0) is 13.4. The monoisotopic (exact) mass is 252 g/mol. The standard InChI is InChI=1S/C15H28N2O/c1-13(2)10-16-11-15-6-5-7-17(15)8-9-18-12-14(3)4/h5-7,13-14,16H,8-12H2,1-4H3. The van der Waals surface area contributed by atoms with E-state index in [-0.39, 0.29) is 0 Å². The third-order valence-corrected chi connectivity index (χ3v) is 2.71. The molecule has 0 aliphatic carbocycles. The molecule has 3 heteroatoms. The molecule has 1 aromatic rings. The van der Waals surface area contributed by atoms with E-state index in [1.165, 1.54) is 5.69 Å². The van der Waals surface area contributed by atoms with Crippen molar-refractivity contribution in [3.05, 3.63) is 24.0 Å². The Morgan fingerprint density at radius 3 is 2.67 bits per heavy atom. The van der Waals surface area contributed by atoms with Crippen LogP contribution in [0.25, 0.3) is 0 Å². The number of rotatable bonds is 9. The molecule has 0 bridgehead atoms. The summed E-state index contributed by atoms with van der Waals surface area (Å²) in [6.45, 7) is 13.4. The first-order valence-electron chi connectivity index (χ1n) is 7.02. The molecule has 3 nitrogen and oxygen atoms in total. The molecule has 1 aromatic heterocycles. The van der Waals surface area contributed by atoms with Gasteiger partial charge in [0.15, 0.2) is 0 Å². The van der Waals surface area contributed by atoms with E-state index in [0.29, 0.717) is 11.8 Å². The Balaban J connectivity index is 2.26. The SMILES string of the molecule is CC(C)CNCc1cccn1CCOCC(C)C. The first-order chi connectivity index (χ1) is 8.59. The lowest BCUT2D eigenvalue weighted by molar-refractivity contribution is 0.103. The van der Waals surface area contributed by atoms with Crippen LogP contribution in [0.15, 0.2) is 18.3 Å². The van der Waals surface area contributed by atoms with Crippen LogP contribution < -0.4 is 5.32 Å². The summed E-state index contributed by atoms with van der Waals surface area (Å²) in [5.74, 6) is 1.31. The fraction of sp³-hybridized carbons (Fsp3) is 0.733. The minimum atomic E-state index is 0.613. The highest BCUT2D eigenvalue weighted by Crippen LogP contribution is 2.03. The van der Waals surface area contributed by atoms with Crippen molar-refractivity contribution < 1.29 is 4.74 Å². The predicted octanol–water partition coefficient (Wildman–Crippen LogP) is 2.91. The van der Waals surface area contributed by atoms with Crippen molar-refractivity contribution in [2.24, 2.45) is 11.8 Å². The van der Waals surface area contributed by atoms with Crippen molar-refractivity contribution >= 4 is 0 Å². The number of ether oxygens (including phenoxy) is 1. The molecule has 0 spiro atoms. The summed E-state index contributed by atoms with van der Waals surface area (Å²) >= 11 is 0. The Kier molecular flexibility index (Phi) is 7.06. The van der Waals surface area contributed by atoms with Crippen LogP contribution in [0, 0.1) is 11.8 Å². The minimum absolute atomic E-state index is 0.613. The number of aromatic nitrogens is 1. The van der Waals surface area contributed by atoms with Gasteiger partial charge in [0.25, 0.3) is 0 Å². The molecule has 0 saturated carbocycles. The Morgan fingerprint density at radius 2 is 2.00 bits per heavy atom. The summed E-state index contributed by atoms with van der Waals surface area (Å²) in [6, 6.07) is 4.28. The van der Waals surface area contributed by atoms with Gasteiger partial charge in [-0.3, -0.25) is 0 Å². The highest BCUT2D eigenvalue weighted by molar-refractivity contribution is 5.06. The van der Waals surface area contributed by atoms with Crippen molar-refractivity contribution in [1.82, 2.24) is 9.88 Å². The maximum absolute atomic E-state index is 5.62. The van der Waals surface area contributed by atoms with E-state index in [2.05, 4.69) is 55.9 Å². The van der Waals surface area contributed by atoms with Crippen LogP contribution in [-0.4, -0.2) is 24.3 Å². The molecule has 104 valence electrons. The molecule has 0 radical (unpaired) electrons. The second kappa shape index (κ2) is 8.33. The van der Waals surface area contributed by atoms with Crippen LogP contribution in [0.5, 0.6) is 0 Å². The average Bonchev–Trinajstić information content (AvgIpc) is 2.71. The summed E-state index contributed by atoms with van der Waals surface area (Å²) < 4.78 is 7.90. The fourth-order valence-corrected chi connectivity index (χ4v) is 1.80. The zero-order valence-electron chi connectivity index (χ0n) is 12.3. The van der Waals surface area contributed by atoms with Crippen molar-refractivity contribution in [3.8, 4) is 0 Å². The van der Waals surface area contributed by atoms with Gasteiger partial charge in [0.2, 0.25) is 0 Å². The Labute approximate surface area is 112 Å². The molecule has 1 heterocycles. The van der Waals surface area contributed by atoms with Gasteiger partial charge < -0.3 is 14.6 Å². The van der Waals surface area contributed by atoms with Crippen LogP contribution in [0.1, 0.15) is 33.4 Å². The molecule has 0 aromatic carbocycles. The Morgan fingerprint density at radius 1 is 1.22 bits per heavy atom. The lowest BCUT2D eigenvalue weighted by Gasteiger charge is -2.12. The van der Waals surface area contributed by atoms with Crippen LogP contribution in [0.3, 0.4) is 0 Å². The summed E-state index contributed by atoms with van der Waals surface area (Å²) in [6.07, 6.45) is 2.13. The topological polar surface area (TPSA) is 26.2 Å². The minimum Gasteiger partial charge on any atom is -0.379 e. The Bertz CT molecular complexity index is 318. The molecule has 0 atom stereocenters. The summed E-state index contributed by atoms with van der Waals surface area (Å²) in [4.78, 5) is 0. The van der Waals surface area contributed by atoms with Gasteiger partial charge in [-0.25, -0.2) is 0 Å². The zero-order valence-corrected chi connectivity index (χ0v) is 12.3. The van der Waals surface area contributed by atoms with Gasteiger partial charge >= 0.3 is 0 Å². The van der Waals surface area contributed by atoms with Gasteiger partial charge in [0.1, 0.15) is 0 Å². The molecule has 0 unspecified atom stereocenters. The Hall–Kier alpha value is -0.800. The van der Waals surface area contributed by atoms with Gasteiger partial charge in [-0.15, -0.1) is 0 Å². The molecule has 0 aliphatic heterocycles. The van der Waals surface area contributed by atoms with Crippen LogP contribution in [-0.2, 0) is 17.8 Å². The lowest BCUT2D eigenvalue weighted by Crippen LogP contribution is -2.21. The third kappa shape index (κ3) is 6.22. The van der Waals surface area contributed by atoms with Gasteiger partial charge in [-0.2, -0.15) is 0 Å². The maximum Gasteiger partial charge on any atom is 0.0645 e. The molecule has 0 aliphatic rings. The average molecular weight is 252 g/mol. The van der Waals surface area contributed by atoms with Crippen LogP contribution in [0.2, 0.25) is 0 Å². The van der Waals surface area contributed by atoms with E-state index in [4.69, 9.17) is 4.74 Å². The summed E-state index contributed by atoms with van der Waals surface area (Å²) in [5, 5.41) is 3.47. The van der Waals surface area contributed by atoms with E-state index in [1.54, 1.807) is 0 Å². The quantitative estimate of drug-likeness (QED) is 0.684. The smallest absolute Gasteiger partial charge is 0.0645 e. The highest BCUT2D eigenvalue weighted by atomic mass is 16.5. The molecule has 0 amide bonds. The van der Waals surface area contributed by atoms with Gasteiger partial charge in [-0.05, 0) is 30.5 Å². The lowest BCUT2D eigenvalue weighted by atomic mass is 10.2. The highest BCUT2D eigenvalue weighted by Gasteiger charge is 2.01. The van der Waals surface area contributed by atoms with E-state index in [1.807, 2.05) is 0 Å². The van der Waals surface area contributed by atoms with Crippen LogP contribution >= 0.6 is 0 Å². The molecule has 1 rings (SSSR count). The number of nitrogens with zero attached hydrogens (tertiary/aromatic N) is 1. The second-order valence-electron chi connectivity index (χ2n) is 5.69.